The van der Waals surface area contributed by atoms with Crippen LogP contribution in [0.2, 0.25) is 0 Å². The fourth-order valence-corrected chi connectivity index (χ4v) is 1.87. The summed E-state index contributed by atoms with van der Waals surface area (Å²) in [7, 11) is -4.53. The molecule has 1 aliphatic carbocycles. The van der Waals surface area contributed by atoms with Crippen LogP contribution in [-0.2, 0) is 19.6 Å². The molecule has 0 amide bonds. The summed E-state index contributed by atoms with van der Waals surface area (Å²) in [5.41, 5.74) is -1.58. The third kappa shape index (κ3) is 5.14. The SMILES string of the molecule is CC(OC(=O)C1CCCCC1)S(=O)(=O)[O-].[Na+]. The van der Waals surface area contributed by atoms with Gasteiger partial charge in [-0.25, -0.2) is 8.42 Å². The van der Waals surface area contributed by atoms with Crippen molar-refractivity contribution in [1.29, 1.82) is 0 Å². The zero-order valence-electron chi connectivity index (χ0n) is 9.64. The van der Waals surface area contributed by atoms with Gasteiger partial charge in [0.15, 0.2) is 5.44 Å². The number of hydrogen-bond donors (Lipinski definition) is 0. The molecule has 1 aliphatic rings. The van der Waals surface area contributed by atoms with Crippen LogP contribution in [0.1, 0.15) is 39.0 Å². The Balaban J connectivity index is 0.00000225. The van der Waals surface area contributed by atoms with Gasteiger partial charge in [0.05, 0.1) is 5.92 Å². The zero-order valence-corrected chi connectivity index (χ0v) is 12.5. The molecule has 1 fully saturated rings. The van der Waals surface area contributed by atoms with E-state index in [1.54, 1.807) is 0 Å². The first-order valence-electron chi connectivity index (χ1n) is 5.06. The minimum absolute atomic E-state index is 0. The molecular weight excluding hydrogens is 243 g/mol. The Labute approximate surface area is 118 Å². The first kappa shape index (κ1) is 16.4. The Morgan fingerprint density at radius 2 is 1.81 bits per heavy atom. The van der Waals surface area contributed by atoms with Crippen LogP contribution in [0.25, 0.3) is 0 Å². The molecule has 0 aromatic carbocycles. The number of rotatable bonds is 3. The van der Waals surface area contributed by atoms with Crippen LogP contribution in [0.4, 0.5) is 0 Å². The van der Waals surface area contributed by atoms with Crippen molar-refractivity contribution in [3.8, 4) is 0 Å². The van der Waals surface area contributed by atoms with Gasteiger partial charge in [0.2, 0.25) is 0 Å². The molecule has 1 rings (SSSR count). The van der Waals surface area contributed by atoms with Crippen LogP contribution in [0.5, 0.6) is 0 Å². The number of esters is 1. The number of hydrogen-bond acceptors (Lipinski definition) is 5. The maximum atomic E-state index is 11.4. The summed E-state index contributed by atoms with van der Waals surface area (Å²) >= 11 is 0. The van der Waals surface area contributed by atoms with Gasteiger partial charge in [-0.3, -0.25) is 4.79 Å². The minimum Gasteiger partial charge on any atom is -0.745 e. The molecule has 0 spiro atoms. The standard InChI is InChI=1S/C9H16O5S.Na/c1-7(15(11,12)13)14-9(10)8-5-3-2-4-6-8;/h7-8H,2-6H2,1H3,(H,11,12,13);/q;+1/p-1. The summed E-state index contributed by atoms with van der Waals surface area (Å²) in [5.74, 6) is -0.787. The van der Waals surface area contributed by atoms with E-state index in [9.17, 15) is 17.8 Å². The smallest absolute Gasteiger partial charge is 0.745 e. The minimum atomic E-state index is -4.53. The Morgan fingerprint density at radius 1 is 1.31 bits per heavy atom. The average molecular weight is 258 g/mol. The van der Waals surface area contributed by atoms with E-state index < -0.39 is 21.5 Å². The molecule has 1 saturated carbocycles. The quantitative estimate of drug-likeness (QED) is 0.332. The van der Waals surface area contributed by atoms with Crippen molar-refractivity contribution in [2.45, 2.75) is 44.5 Å². The topological polar surface area (TPSA) is 83.5 Å². The molecule has 1 atom stereocenters. The normalized spacial score (nSPS) is 19.6. The first-order chi connectivity index (χ1) is 6.91. The third-order valence-electron chi connectivity index (χ3n) is 2.63. The molecule has 0 N–H and O–H groups in total. The van der Waals surface area contributed by atoms with Gasteiger partial charge in [0.1, 0.15) is 10.1 Å². The van der Waals surface area contributed by atoms with Crippen LogP contribution in [0.15, 0.2) is 0 Å². The van der Waals surface area contributed by atoms with E-state index >= 15 is 0 Å². The summed E-state index contributed by atoms with van der Waals surface area (Å²) < 4.78 is 36.2. The maximum Gasteiger partial charge on any atom is 1.00 e. The number of carbonyl (C=O) groups is 1. The van der Waals surface area contributed by atoms with Crippen molar-refractivity contribution in [2.75, 3.05) is 0 Å². The largest absolute Gasteiger partial charge is 1.00 e. The molecule has 0 aliphatic heterocycles. The van der Waals surface area contributed by atoms with Gasteiger partial charge in [-0.15, -0.1) is 0 Å². The Bertz CT molecular complexity index is 321. The van der Waals surface area contributed by atoms with E-state index in [1.807, 2.05) is 0 Å². The van der Waals surface area contributed by atoms with E-state index in [1.165, 1.54) is 0 Å². The van der Waals surface area contributed by atoms with E-state index in [-0.39, 0.29) is 35.5 Å². The fourth-order valence-electron chi connectivity index (χ4n) is 1.66. The molecule has 0 aromatic rings. The molecule has 5 nitrogen and oxygen atoms in total. The van der Waals surface area contributed by atoms with Crippen molar-refractivity contribution >= 4 is 16.1 Å². The molecule has 0 heterocycles. The van der Waals surface area contributed by atoms with Gasteiger partial charge >= 0.3 is 35.5 Å². The van der Waals surface area contributed by atoms with Crippen molar-refractivity contribution in [2.24, 2.45) is 5.92 Å². The Morgan fingerprint density at radius 3 is 2.25 bits per heavy atom. The van der Waals surface area contributed by atoms with Gasteiger partial charge in [-0.05, 0) is 19.8 Å². The van der Waals surface area contributed by atoms with Crippen LogP contribution >= 0.6 is 0 Å². The van der Waals surface area contributed by atoms with Crippen LogP contribution in [0.3, 0.4) is 0 Å². The Kier molecular flexibility index (Phi) is 7.12. The van der Waals surface area contributed by atoms with Gasteiger partial charge in [-0.1, -0.05) is 19.3 Å². The van der Waals surface area contributed by atoms with Crippen LogP contribution < -0.4 is 29.6 Å². The van der Waals surface area contributed by atoms with Crippen molar-refractivity contribution in [3.63, 3.8) is 0 Å². The predicted octanol–water partition coefficient (Wildman–Crippen LogP) is -1.99. The van der Waals surface area contributed by atoms with E-state index in [0.29, 0.717) is 0 Å². The van der Waals surface area contributed by atoms with Crippen molar-refractivity contribution < 1.29 is 52.1 Å². The summed E-state index contributed by atoms with van der Waals surface area (Å²) in [5, 5.41) is 0. The van der Waals surface area contributed by atoms with Gasteiger partial charge < -0.3 is 9.29 Å². The van der Waals surface area contributed by atoms with E-state index in [0.717, 1.165) is 39.0 Å². The molecule has 0 aromatic heterocycles. The second-order valence-corrected chi connectivity index (χ2v) is 5.48. The number of carbonyl (C=O) groups excluding carboxylic acids is 1. The van der Waals surface area contributed by atoms with Gasteiger partial charge in [0, 0.05) is 0 Å². The molecule has 7 heteroatoms. The second kappa shape index (κ2) is 6.96. The van der Waals surface area contributed by atoms with Crippen molar-refractivity contribution in [1.82, 2.24) is 0 Å². The summed E-state index contributed by atoms with van der Waals surface area (Å²) in [6.07, 6.45) is 4.46. The van der Waals surface area contributed by atoms with E-state index in [2.05, 4.69) is 4.74 Å². The molecular formula is C9H15NaO5S. The third-order valence-corrected chi connectivity index (χ3v) is 3.54. The molecule has 16 heavy (non-hydrogen) atoms. The Hall–Kier alpha value is 0.380. The maximum absolute atomic E-state index is 11.4. The molecule has 0 saturated heterocycles. The van der Waals surface area contributed by atoms with Gasteiger partial charge in [-0.2, -0.15) is 0 Å². The predicted molar refractivity (Wildman–Crippen MR) is 51.8 cm³/mol. The van der Waals surface area contributed by atoms with Gasteiger partial charge in [0.25, 0.3) is 0 Å². The van der Waals surface area contributed by atoms with Crippen LogP contribution in [0, 0.1) is 5.92 Å². The number of ether oxygens (including phenoxy) is 1. The zero-order chi connectivity index (χ0) is 11.5. The summed E-state index contributed by atoms with van der Waals surface area (Å²) in [6, 6.07) is 0. The molecule has 0 radical (unpaired) electrons. The van der Waals surface area contributed by atoms with Crippen molar-refractivity contribution in [3.05, 3.63) is 0 Å². The second-order valence-electron chi connectivity index (χ2n) is 3.83. The monoisotopic (exact) mass is 258 g/mol. The average Bonchev–Trinajstić information content (AvgIpc) is 2.17. The van der Waals surface area contributed by atoms with Crippen LogP contribution in [-0.4, -0.2) is 24.4 Å². The first-order valence-corrected chi connectivity index (χ1v) is 6.53. The fraction of sp³-hybridized carbons (Fsp3) is 0.889. The summed E-state index contributed by atoms with van der Waals surface area (Å²) in [4.78, 5) is 11.4. The molecule has 88 valence electrons. The summed E-state index contributed by atoms with van der Waals surface area (Å²) in [6.45, 7) is 1.09. The molecule has 1 unspecified atom stereocenters. The molecule has 0 bridgehead atoms. The van der Waals surface area contributed by atoms with E-state index in [4.69, 9.17) is 0 Å².